The van der Waals surface area contributed by atoms with Crippen LogP contribution in [0.25, 0.3) is 39.6 Å². The largest absolute Gasteiger partial charge is 0.379 e. The Bertz CT molecular complexity index is 1800. The van der Waals surface area contributed by atoms with Crippen LogP contribution in [0.5, 0.6) is 0 Å². The second-order valence-corrected chi connectivity index (χ2v) is 10.7. The summed E-state index contributed by atoms with van der Waals surface area (Å²) in [6.45, 7) is 1.46. The van der Waals surface area contributed by atoms with Gasteiger partial charge in [0.05, 0.1) is 34.7 Å². The Hall–Kier alpha value is -4.05. The molecule has 0 amide bonds. The summed E-state index contributed by atoms with van der Waals surface area (Å²) < 4.78 is 34.8. The van der Waals surface area contributed by atoms with E-state index in [1.807, 2.05) is 60.8 Å². The maximum atomic E-state index is 13.4. The van der Waals surface area contributed by atoms with Crippen molar-refractivity contribution in [1.29, 1.82) is 0 Å². The van der Waals surface area contributed by atoms with Crippen LogP contribution in [0.3, 0.4) is 0 Å². The number of aromatic nitrogens is 3. The van der Waals surface area contributed by atoms with Gasteiger partial charge in [0.2, 0.25) is 10.0 Å². The van der Waals surface area contributed by atoms with Crippen molar-refractivity contribution in [2.45, 2.75) is 4.90 Å². The van der Waals surface area contributed by atoms with Crippen LogP contribution in [0, 0.1) is 0 Å². The predicted octanol–water partition coefficient (Wildman–Crippen LogP) is 4.06. The number of ether oxygens (including phenoxy) is 1. The first-order valence-electron chi connectivity index (χ1n) is 12.0. The molecule has 8 nitrogen and oxygen atoms in total. The van der Waals surface area contributed by atoms with E-state index in [0.29, 0.717) is 48.7 Å². The quantitative estimate of drug-likeness (QED) is 0.383. The van der Waals surface area contributed by atoms with Crippen molar-refractivity contribution in [2.75, 3.05) is 26.3 Å². The van der Waals surface area contributed by atoms with Crippen LogP contribution in [0.2, 0.25) is 0 Å². The highest BCUT2D eigenvalue weighted by atomic mass is 32.2. The van der Waals surface area contributed by atoms with Crippen molar-refractivity contribution in [3.8, 4) is 5.69 Å². The van der Waals surface area contributed by atoms with Crippen LogP contribution in [0.1, 0.15) is 11.4 Å². The maximum Gasteiger partial charge on any atom is 0.266 e. The number of benzene rings is 3. The summed E-state index contributed by atoms with van der Waals surface area (Å²) >= 11 is 0. The van der Waals surface area contributed by atoms with Crippen molar-refractivity contribution in [1.82, 2.24) is 18.8 Å². The molecule has 1 N–H and O–H groups in total. The number of H-pyrrole nitrogens is 1. The lowest BCUT2D eigenvalue weighted by Crippen LogP contribution is -2.40. The first kappa shape index (κ1) is 23.4. The molecular formula is C28H24N4O4S. The lowest BCUT2D eigenvalue weighted by atomic mass is 10.1. The number of rotatable bonds is 5. The van der Waals surface area contributed by atoms with Crippen molar-refractivity contribution < 1.29 is 13.2 Å². The van der Waals surface area contributed by atoms with Crippen molar-refractivity contribution in [3.05, 3.63) is 101 Å². The van der Waals surface area contributed by atoms with Crippen LogP contribution >= 0.6 is 0 Å². The average molecular weight is 513 g/mol. The highest BCUT2D eigenvalue weighted by molar-refractivity contribution is 7.89. The second kappa shape index (κ2) is 9.44. The van der Waals surface area contributed by atoms with Crippen molar-refractivity contribution in [2.24, 2.45) is 0 Å². The Morgan fingerprint density at radius 2 is 1.65 bits per heavy atom. The molecule has 1 aliphatic rings. The molecule has 0 aliphatic carbocycles. The van der Waals surface area contributed by atoms with Crippen molar-refractivity contribution >= 4 is 44.0 Å². The summed E-state index contributed by atoms with van der Waals surface area (Å²) in [4.78, 5) is 21.6. The van der Waals surface area contributed by atoms with Gasteiger partial charge in [-0.1, -0.05) is 30.3 Å². The molecule has 0 saturated carbocycles. The standard InChI is InChI=1S/C28H24N4O4S/c33-28-23-8-4-5-9-26(23)30-27(32(28)21-6-2-1-3-7-21)13-10-20-19-29-25-12-11-22(18-24(20)25)37(34,35)31-14-16-36-17-15-31/h1-13,18-19,29H,14-17H2. The number of para-hydroxylation sites is 2. The minimum absolute atomic E-state index is 0.158. The molecule has 1 fully saturated rings. The van der Waals surface area contributed by atoms with E-state index in [9.17, 15) is 13.2 Å². The molecule has 5 aromatic rings. The zero-order valence-electron chi connectivity index (χ0n) is 19.9. The molecule has 3 heterocycles. The summed E-state index contributed by atoms with van der Waals surface area (Å²) in [5.74, 6) is 0.473. The molecular weight excluding hydrogens is 488 g/mol. The van der Waals surface area contributed by atoms with Gasteiger partial charge in [-0.2, -0.15) is 4.31 Å². The van der Waals surface area contributed by atoms with E-state index >= 15 is 0 Å². The van der Waals surface area contributed by atoms with Crippen molar-refractivity contribution in [3.63, 3.8) is 0 Å². The van der Waals surface area contributed by atoms with E-state index in [0.717, 1.165) is 16.5 Å². The second-order valence-electron chi connectivity index (χ2n) is 8.76. The Balaban J connectivity index is 1.45. The smallest absolute Gasteiger partial charge is 0.266 e. The number of nitrogens with zero attached hydrogens (tertiary/aromatic N) is 3. The Morgan fingerprint density at radius 1 is 0.892 bits per heavy atom. The van der Waals surface area contributed by atoms with E-state index in [-0.39, 0.29) is 10.5 Å². The molecule has 9 heteroatoms. The third-order valence-corrected chi connectivity index (χ3v) is 8.42. The molecule has 0 spiro atoms. The molecule has 0 radical (unpaired) electrons. The van der Waals surface area contributed by atoms with Gasteiger partial charge in [0.1, 0.15) is 5.82 Å². The maximum absolute atomic E-state index is 13.4. The zero-order chi connectivity index (χ0) is 25.4. The van der Waals surface area contributed by atoms with E-state index in [4.69, 9.17) is 9.72 Å². The van der Waals surface area contributed by atoms with Crippen LogP contribution in [0.4, 0.5) is 0 Å². The van der Waals surface area contributed by atoms with Gasteiger partial charge >= 0.3 is 0 Å². The van der Waals surface area contributed by atoms with Crippen LogP contribution in [-0.2, 0) is 14.8 Å². The predicted molar refractivity (Wildman–Crippen MR) is 144 cm³/mol. The lowest BCUT2D eigenvalue weighted by Gasteiger charge is -2.26. The third kappa shape index (κ3) is 4.27. The molecule has 0 bridgehead atoms. The first-order valence-corrected chi connectivity index (χ1v) is 13.4. The number of nitrogens with one attached hydrogen (secondary N) is 1. The lowest BCUT2D eigenvalue weighted by molar-refractivity contribution is 0.0730. The molecule has 37 heavy (non-hydrogen) atoms. The molecule has 0 atom stereocenters. The summed E-state index contributed by atoms with van der Waals surface area (Å²) in [6.07, 6.45) is 5.45. The average Bonchev–Trinajstić information content (AvgIpc) is 3.35. The topological polar surface area (TPSA) is 97.3 Å². The molecule has 1 saturated heterocycles. The number of morpholine rings is 1. The monoisotopic (exact) mass is 512 g/mol. The van der Waals surface area contributed by atoms with E-state index in [1.165, 1.54) is 4.31 Å². The number of fused-ring (bicyclic) bond motifs is 2. The minimum Gasteiger partial charge on any atom is -0.379 e. The fourth-order valence-corrected chi connectivity index (χ4v) is 6.04. The van der Waals surface area contributed by atoms with Gasteiger partial charge in [0.15, 0.2) is 0 Å². The van der Waals surface area contributed by atoms with Gasteiger partial charge in [0, 0.05) is 30.2 Å². The molecule has 2 aromatic heterocycles. The van der Waals surface area contributed by atoms with Crippen LogP contribution in [0.15, 0.2) is 88.7 Å². The molecule has 1 aliphatic heterocycles. The molecule has 3 aromatic carbocycles. The van der Waals surface area contributed by atoms with Gasteiger partial charge < -0.3 is 9.72 Å². The highest BCUT2D eigenvalue weighted by Gasteiger charge is 2.26. The summed E-state index contributed by atoms with van der Waals surface area (Å²) in [5, 5.41) is 1.30. The molecule has 0 unspecified atom stereocenters. The molecule has 6 rings (SSSR count). The van der Waals surface area contributed by atoms with Gasteiger partial charge in [0.25, 0.3) is 5.56 Å². The van der Waals surface area contributed by atoms with Gasteiger partial charge in [-0.3, -0.25) is 9.36 Å². The first-order chi connectivity index (χ1) is 18.0. The summed E-state index contributed by atoms with van der Waals surface area (Å²) in [5.41, 5.74) is 2.76. The van der Waals surface area contributed by atoms with Gasteiger partial charge in [-0.15, -0.1) is 0 Å². The third-order valence-electron chi connectivity index (χ3n) is 6.52. The molecule has 186 valence electrons. The summed E-state index contributed by atoms with van der Waals surface area (Å²) in [7, 11) is -3.63. The van der Waals surface area contributed by atoms with E-state index in [2.05, 4.69) is 4.98 Å². The number of hydrogen-bond donors (Lipinski definition) is 1. The normalized spacial score (nSPS) is 15.1. The minimum atomic E-state index is -3.63. The number of sulfonamides is 1. The Labute approximate surface area is 213 Å². The van der Waals surface area contributed by atoms with Crippen LogP contribution < -0.4 is 5.56 Å². The number of aromatic amines is 1. The highest BCUT2D eigenvalue weighted by Crippen LogP contribution is 2.26. The zero-order valence-corrected chi connectivity index (χ0v) is 20.7. The SMILES string of the molecule is O=c1c2ccccc2nc(C=Cc2c[nH]c3ccc(S(=O)(=O)N4CCOCC4)cc23)n1-c1ccccc1. The van der Waals surface area contributed by atoms with Crippen LogP contribution in [-0.4, -0.2) is 53.6 Å². The Kier molecular flexibility index (Phi) is 5.96. The number of hydrogen-bond acceptors (Lipinski definition) is 5. The van der Waals surface area contributed by atoms with E-state index in [1.54, 1.807) is 34.9 Å². The van der Waals surface area contributed by atoms with Gasteiger partial charge in [-0.05, 0) is 60.2 Å². The van der Waals surface area contributed by atoms with Gasteiger partial charge in [-0.25, -0.2) is 13.4 Å². The van der Waals surface area contributed by atoms with E-state index < -0.39 is 10.0 Å². The fourth-order valence-electron chi connectivity index (χ4n) is 4.61. The fraction of sp³-hybridized carbons (Fsp3) is 0.143. The summed E-state index contributed by atoms with van der Waals surface area (Å²) in [6, 6.07) is 21.7. The Morgan fingerprint density at radius 3 is 2.46 bits per heavy atom.